The van der Waals surface area contributed by atoms with Crippen LogP contribution < -0.4 is 5.32 Å². The molecule has 0 aromatic carbocycles. The van der Waals surface area contributed by atoms with Crippen molar-refractivity contribution in [1.29, 1.82) is 0 Å². The van der Waals surface area contributed by atoms with E-state index in [1.165, 1.54) is 32.1 Å². The van der Waals surface area contributed by atoms with E-state index >= 15 is 0 Å². The van der Waals surface area contributed by atoms with Gasteiger partial charge in [0.25, 0.3) is 0 Å². The Morgan fingerprint density at radius 2 is 1.75 bits per heavy atom. The lowest BCUT2D eigenvalue weighted by Gasteiger charge is -2.31. The Hall–Kier alpha value is -1.06. The van der Waals surface area contributed by atoms with Crippen LogP contribution in [-0.4, -0.2) is 35.3 Å². The second kappa shape index (κ2) is 8.28. The third kappa shape index (κ3) is 4.80. The molecule has 1 heterocycles. The lowest BCUT2D eigenvalue weighted by atomic mass is 9.97. The minimum atomic E-state index is -0.713. The molecule has 0 saturated carbocycles. The molecule has 1 N–H and O–H groups in total. The second-order valence-electron chi connectivity index (χ2n) is 6.04. The van der Waals surface area contributed by atoms with E-state index in [4.69, 9.17) is 0 Å². The molecule has 4 heteroatoms. The molecule has 20 heavy (non-hydrogen) atoms. The molecule has 0 spiro atoms. The maximum atomic E-state index is 12.5. The summed E-state index contributed by atoms with van der Waals surface area (Å²) in [7, 11) is 0. The number of carbonyl (C=O) groups is 2. The van der Waals surface area contributed by atoms with Crippen molar-refractivity contribution in [2.45, 2.75) is 77.7 Å². The van der Waals surface area contributed by atoms with Gasteiger partial charge in [-0.15, -0.1) is 0 Å². The fraction of sp³-hybridized carbons (Fsp3) is 0.875. The Morgan fingerprint density at radius 1 is 1.10 bits per heavy atom. The smallest absolute Gasteiger partial charge is 0.248 e. The highest BCUT2D eigenvalue weighted by atomic mass is 16.2. The molecular formula is C16H30N2O2. The van der Waals surface area contributed by atoms with Crippen molar-refractivity contribution in [3.63, 3.8) is 0 Å². The van der Waals surface area contributed by atoms with Gasteiger partial charge in [0, 0.05) is 19.5 Å². The van der Waals surface area contributed by atoms with Gasteiger partial charge in [0.15, 0.2) is 0 Å². The molecule has 1 saturated heterocycles. The first-order valence-electron chi connectivity index (χ1n) is 8.14. The predicted octanol–water partition coefficient (Wildman–Crippen LogP) is 2.86. The summed E-state index contributed by atoms with van der Waals surface area (Å²) in [6.45, 7) is 7.36. The van der Waals surface area contributed by atoms with Crippen LogP contribution in [0.2, 0.25) is 0 Å². The average Bonchev–Trinajstić information content (AvgIpc) is 2.54. The van der Waals surface area contributed by atoms with Gasteiger partial charge in [0.05, 0.1) is 0 Å². The Morgan fingerprint density at radius 3 is 2.40 bits per heavy atom. The topological polar surface area (TPSA) is 49.4 Å². The largest absolute Gasteiger partial charge is 0.342 e. The van der Waals surface area contributed by atoms with Gasteiger partial charge in [0.2, 0.25) is 11.8 Å². The number of rotatable bonds is 8. The van der Waals surface area contributed by atoms with Crippen LogP contribution in [0.4, 0.5) is 0 Å². The monoisotopic (exact) mass is 282 g/mol. The van der Waals surface area contributed by atoms with Gasteiger partial charge in [-0.1, -0.05) is 46.0 Å². The second-order valence-corrected chi connectivity index (χ2v) is 6.04. The zero-order valence-corrected chi connectivity index (χ0v) is 13.3. The lowest BCUT2D eigenvalue weighted by Crippen LogP contribution is -2.54. The summed E-state index contributed by atoms with van der Waals surface area (Å²) in [5.41, 5.74) is -0.713. The summed E-state index contributed by atoms with van der Waals surface area (Å²) in [6.07, 6.45) is 8.39. The van der Waals surface area contributed by atoms with Crippen molar-refractivity contribution in [3.05, 3.63) is 0 Å². The van der Waals surface area contributed by atoms with E-state index in [0.717, 1.165) is 13.0 Å². The van der Waals surface area contributed by atoms with Crippen molar-refractivity contribution in [3.8, 4) is 0 Å². The summed E-state index contributed by atoms with van der Waals surface area (Å²) in [6, 6.07) is 0. The maximum Gasteiger partial charge on any atom is 0.248 e. The third-order valence-corrected chi connectivity index (χ3v) is 4.27. The fourth-order valence-electron chi connectivity index (χ4n) is 2.65. The third-order valence-electron chi connectivity index (χ3n) is 4.27. The molecule has 4 nitrogen and oxygen atoms in total. The van der Waals surface area contributed by atoms with Crippen LogP contribution in [0.25, 0.3) is 0 Å². The van der Waals surface area contributed by atoms with E-state index < -0.39 is 5.54 Å². The van der Waals surface area contributed by atoms with Crippen molar-refractivity contribution < 1.29 is 9.59 Å². The number of hydrogen-bond donors (Lipinski definition) is 1. The van der Waals surface area contributed by atoms with Crippen molar-refractivity contribution >= 4 is 11.8 Å². The van der Waals surface area contributed by atoms with Crippen LogP contribution in [0.5, 0.6) is 0 Å². The van der Waals surface area contributed by atoms with Crippen molar-refractivity contribution in [2.24, 2.45) is 0 Å². The summed E-state index contributed by atoms with van der Waals surface area (Å²) >= 11 is 0. The molecule has 1 rings (SSSR count). The Kier molecular flexibility index (Phi) is 7.03. The predicted molar refractivity (Wildman–Crippen MR) is 81.4 cm³/mol. The van der Waals surface area contributed by atoms with E-state index in [1.807, 2.05) is 18.7 Å². The van der Waals surface area contributed by atoms with Crippen molar-refractivity contribution in [2.75, 3.05) is 13.1 Å². The summed E-state index contributed by atoms with van der Waals surface area (Å²) in [4.78, 5) is 26.1. The highest BCUT2D eigenvalue weighted by molar-refractivity contribution is 5.93. The molecule has 0 aromatic rings. The van der Waals surface area contributed by atoms with Crippen LogP contribution in [0.1, 0.15) is 72.1 Å². The molecule has 116 valence electrons. The first-order chi connectivity index (χ1) is 9.53. The Labute approximate surface area is 123 Å². The van der Waals surface area contributed by atoms with E-state index in [0.29, 0.717) is 19.4 Å². The van der Waals surface area contributed by atoms with E-state index in [2.05, 4.69) is 12.2 Å². The molecule has 0 bridgehead atoms. The van der Waals surface area contributed by atoms with Gasteiger partial charge in [-0.05, 0) is 19.8 Å². The van der Waals surface area contributed by atoms with Crippen LogP contribution in [0, 0.1) is 0 Å². The molecule has 0 aliphatic carbocycles. The van der Waals surface area contributed by atoms with Crippen LogP contribution >= 0.6 is 0 Å². The first kappa shape index (κ1) is 17.0. The quantitative estimate of drug-likeness (QED) is 0.696. The summed E-state index contributed by atoms with van der Waals surface area (Å²) in [5.74, 6) is 0.0764. The van der Waals surface area contributed by atoms with E-state index in [-0.39, 0.29) is 11.8 Å². The van der Waals surface area contributed by atoms with Gasteiger partial charge in [-0.2, -0.15) is 0 Å². The first-order valence-corrected chi connectivity index (χ1v) is 8.14. The fourth-order valence-corrected chi connectivity index (χ4v) is 2.65. The van der Waals surface area contributed by atoms with Gasteiger partial charge >= 0.3 is 0 Å². The maximum absolute atomic E-state index is 12.5. The molecule has 0 radical (unpaired) electrons. The zero-order chi connectivity index (χ0) is 15.0. The highest BCUT2D eigenvalue weighted by Crippen LogP contribution is 2.18. The Bertz CT molecular complexity index is 330. The number of nitrogens with one attached hydrogen (secondary N) is 1. The molecule has 0 aromatic heterocycles. The minimum Gasteiger partial charge on any atom is -0.342 e. The number of hydrogen-bond acceptors (Lipinski definition) is 2. The molecular weight excluding hydrogens is 252 g/mol. The SMILES string of the molecule is CCCCCCCCN1CCC(=O)NC(C)(CC)C1=O. The summed E-state index contributed by atoms with van der Waals surface area (Å²) < 4.78 is 0. The normalized spacial score (nSPS) is 23.6. The van der Waals surface area contributed by atoms with Gasteiger partial charge in [-0.25, -0.2) is 0 Å². The molecule has 1 fully saturated rings. The van der Waals surface area contributed by atoms with Crippen LogP contribution in [0.3, 0.4) is 0 Å². The van der Waals surface area contributed by atoms with E-state index in [1.54, 1.807) is 0 Å². The number of unbranched alkanes of at least 4 members (excludes halogenated alkanes) is 5. The summed E-state index contributed by atoms with van der Waals surface area (Å²) in [5, 5.41) is 2.87. The standard InChI is InChI=1S/C16H30N2O2/c1-4-6-7-8-9-10-12-18-13-11-14(19)17-16(3,5-2)15(18)20/h4-13H2,1-3H3,(H,17,19). The molecule has 1 aliphatic rings. The molecule has 1 atom stereocenters. The Balaban J connectivity index is 2.43. The number of amides is 2. The van der Waals surface area contributed by atoms with Crippen LogP contribution in [0.15, 0.2) is 0 Å². The zero-order valence-electron chi connectivity index (χ0n) is 13.3. The molecule has 1 unspecified atom stereocenters. The molecule has 2 amide bonds. The van der Waals surface area contributed by atoms with Gasteiger partial charge in [-0.3, -0.25) is 9.59 Å². The molecule has 1 aliphatic heterocycles. The number of nitrogens with zero attached hydrogens (tertiary/aromatic N) is 1. The van der Waals surface area contributed by atoms with E-state index in [9.17, 15) is 9.59 Å². The van der Waals surface area contributed by atoms with Crippen LogP contribution in [-0.2, 0) is 9.59 Å². The lowest BCUT2D eigenvalue weighted by molar-refractivity contribution is -0.138. The van der Waals surface area contributed by atoms with Gasteiger partial charge in [0.1, 0.15) is 5.54 Å². The van der Waals surface area contributed by atoms with Gasteiger partial charge < -0.3 is 10.2 Å². The van der Waals surface area contributed by atoms with Crippen molar-refractivity contribution in [1.82, 2.24) is 10.2 Å². The minimum absolute atomic E-state index is 0.00635. The highest BCUT2D eigenvalue weighted by Gasteiger charge is 2.38. The number of carbonyl (C=O) groups excluding carboxylic acids is 2. The average molecular weight is 282 g/mol.